The molecule has 0 bridgehead atoms. The number of aliphatic hydroxyl groups is 1. The molecule has 0 unspecified atom stereocenters. The average molecular weight is 402 g/mol. The normalized spacial score (nSPS) is 17.2. The molecule has 3 aromatic rings. The molecule has 1 atom stereocenters. The van der Waals surface area contributed by atoms with E-state index in [4.69, 9.17) is 0 Å². The third-order valence-electron chi connectivity index (χ3n) is 5.43. The number of hydrogen-bond donors (Lipinski definition) is 3. The summed E-state index contributed by atoms with van der Waals surface area (Å²) < 4.78 is 1.50. The topological polar surface area (TPSA) is 116 Å². The van der Waals surface area contributed by atoms with Gasteiger partial charge in [0.25, 0.3) is 5.56 Å². The van der Waals surface area contributed by atoms with E-state index < -0.39 is 5.41 Å². The molecule has 8 heteroatoms. The van der Waals surface area contributed by atoms with E-state index in [1.54, 1.807) is 37.6 Å². The number of aryl methyl sites for hydroxylation is 2. The van der Waals surface area contributed by atoms with E-state index in [1.807, 2.05) is 19.9 Å². The summed E-state index contributed by atoms with van der Waals surface area (Å²) in [6, 6.07) is 9.45. The van der Waals surface area contributed by atoms with Gasteiger partial charge in [-0.1, -0.05) is 6.92 Å². The molecular formula is C22H22N6O2. The number of hydrogen-bond acceptors (Lipinski definition) is 7. The van der Waals surface area contributed by atoms with Gasteiger partial charge in [-0.05, 0) is 42.3 Å². The maximum Gasteiger partial charge on any atom is 0.274 e. The van der Waals surface area contributed by atoms with Gasteiger partial charge < -0.3 is 20.3 Å². The molecule has 1 aliphatic heterocycles. The van der Waals surface area contributed by atoms with Crippen LogP contribution in [-0.4, -0.2) is 32.8 Å². The number of rotatable bonds is 4. The van der Waals surface area contributed by atoms with E-state index >= 15 is 0 Å². The van der Waals surface area contributed by atoms with Crippen LogP contribution < -0.4 is 16.2 Å². The lowest BCUT2D eigenvalue weighted by Crippen LogP contribution is -2.28. The number of anilines is 3. The Morgan fingerprint density at radius 2 is 2.20 bits per heavy atom. The quantitative estimate of drug-likeness (QED) is 0.614. The van der Waals surface area contributed by atoms with Crippen molar-refractivity contribution in [2.75, 3.05) is 23.8 Å². The number of aromatic nitrogens is 3. The molecule has 0 saturated carbocycles. The number of pyridine rings is 1. The molecule has 30 heavy (non-hydrogen) atoms. The van der Waals surface area contributed by atoms with Crippen molar-refractivity contribution >= 4 is 17.3 Å². The number of fused-ring (bicyclic) bond motifs is 1. The van der Waals surface area contributed by atoms with E-state index in [9.17, 15) is 15.2 Å². The fraction of sp³-hybridized carbons (Fsp3) is 0.273. The zero-order valence-electron chi connectivity index (χ0n) is 17.0. The van der Waals surface area contributed by atoms with Gasteiger partial charge in [-0.25, -0.2) is 9.97 Å². The molecule has 0 radical (unpaired) electrons. The van der Waals surface area contributed by atoms with Crippen LogP contribution in [0, 0.1) is 18.3 Å². The van der Waals surface area contributed by atoms with E-state index in [1.165, 1.54) is 4.57 Å². The predicted octanol–water partition coefficient (Wildman–Crippen LogP) is 2.44. The number of nitrogens with zero attached hydrogens (tertiary/aromatic N) is 4. The first kappa shape index (κ1) is 19.6. The van der Waals surface area contributed by atoms with Crippen LogP contribution in [0.15, 0.2) is 41.5 Å². The van der Waals surface area contributed by atoms with E-state index in [-0.39, 0.29) is 18.1 Å². The molecule has 152 valence electrons. The second-order valence-corrected chi connectivity index (χ2v) is 7.87. The number of aliphatic hydroxyl groups excluding tert-OH is 1. The molecule has 8 nitrogen and oxygen atoms in total. The molecule has 0 aliphatic carbocycles. The van der Waals surface area contributed by atoms with Crippen LogP contribution in [0.2, 0.25) is 0 Å². The lowest BCUT2D eigenvalue weighted by Gasteiger charge is -2.21. The molecule has 0 saturated heterocycles. The summed E-state index contributed by atoms with van der Waals surface area (Å²) in [5.74, 6) is 0.289. The second-order valence-electron chi connectivity index (χ2n) is 7.87. The third-order valence-corrected chi connectivity index (χ3v) is 5.43. The van der Waals surface area contributed by atoms with Crippen LogP contribution in [0.25, 0.3) is 11.3 Å². The lowest BCUT2D eigenvalue weighted by atomic mass is 9.83. The van der Waals surface area contributed by atoms with E-state index in [0.29, 0.717) is 23.5 Å². The van der Waals surface area contributed by atoms with Crippen molar-refractivity contribution in [2.45, 2.75) is 19.3 Å². The fourth-order valence-electron chi connectivity index (χ4n) is 3.73. The van der Waals surface area contributed by atoms with Gasteiger partial charge in [0.05, 0.1) is 23.6 Å². The van der Waals surface area contributed by atoms with Crippen molar-refractivity contribution in [1.82, 2.24) is 14.5 Å². The van der Waals surface area contributed by atoms with Crippen molar-refractivity contribution in [2.24, 2.45) is 7.05 Å². The highest BCUT2D eigenvalue weighted by Crippen LogP contribution is 2.41. The summed E-state index contributed by atoms with van der Waals surface area (Å²) >= 11 is 0. The molecule has 4 rings (SSSR count). The lowest BCUT2D eigenvalue weighted by molar-refractivity contribution is 0.219. The Labute approximate surface area is 173 Å². The highest BCUT2D eigenvalue weighted by atomic mass is 16.3. The van der Waals surface area contributed by atoms with Gasteiger partial charge in [-0.3, -0.25) is 4.79 Å². The smallest absolute Gasteiger partial charge is 0.274 e. The van der Waals surface area contributed by atoms with E-state index in [2.05, 4.69) is 26.7 Å². The van der Waals surface area contributed by atoms with Crippen LogP contribution in [-0.2, 0) is 12.5 Å². The van der Waals surface area contributed by atoms with Gasteiger partial charge >= 0.3 is 0 Å². The summed E-state index contributed by atoms with van der Waals surface area (Å²) in [7, 11) is 1.69. The van der Waals surface area contributed by atoms with Gasteiger partial charge in [0.1, 0.15) is 11.8 Å². The summed E-state index contributed by atoms with van der Waals surface area (Å²) in [6.07, 6.45) is 3.36. The van der Waals surface area contributed by atoms with Gasteiger partial charge in [-0.15, -0.1) is 0 Å². The van der Waals surface area contributed by atoms with Crippen LogP contribution in [0.1, 0.15) is 23.6 Å². The summed E-state index contributed by atoms with van der Waals surface area (Å²) in [4.78, 5) is 21.2. The predicted molar refractivity (Wildman–Crippen MR) is 115 cm³/mol. The Hall–Kier alpha value is -3.70. The van der Waals surface area contributed by atoms with Gasteiger partial charge in [0, 0.05) is 37.0 Å². The Kier molecular flexibility index (Phi) is 4.76. The van der Waals surface area contributed by atoms with Crippen molar-refractivity contribution in [3.63, 3.8) is 0 Å². The molecule has 1 aliphatic rings. The van der Waals surface area contributed by atoms with Crippen molar-refractivity contribution < 1.29 is 5.11 Å². The maximum atomic E-state index is 12.4. The van der Waals surface area contributed by atoms with Crippen LogP contribution in [0.3, 0.4) is 0 Å². The minimum Gasteiger partial charge on any atom is -0.395 e. The molecule has 0 spiro atoms. The van der Waals surface area contributed by atoms with Gasteiger partial charge in [-0.2, -0.15) is 5.26 Å². The number of nitriles is 1. The van der Waals surface area contributed by atoms with Crippen LogP contribution in [0.4, 0.5) is 17.3 Å². The Balaban J connectivity index is 1.76. The fourth-order valence-corrected chi connectivity index (χ4v) is 3.73. The first-order valence-electron chi connectivity index (χ1n) is 9.56. The first-order valence-corrected chi connectivity index (χ1v) is 9.56. The second kappa shape index (κ2) is 7.28. The molecule has 1 aromatic carbocycles. The summed E-state index contributed by atoms with van der Waals surface area (Å²) in [5, 5.41) is 25.7. The van der Waals surface area contributed by atoms with Crippen molar-refractivity contribution in [3.8, 4) is 17.3 Å². The first-order chi connectivity index (χ1) is 14.3. The third kappa shape index (κ3) is 3.29. The van der Waals surface area contributed by atoms with E-state index in [0.717, 1.165) is 22.4 Å². The summed E-state index contributed by atoms with van der Waals surface area (Å²) in [5.41, 5.74) is 4.18. The zero-order chi connectivity index (χ0) is 21.5. The Bertz CT molecular complexity index is 1240. The molecular weight excluding hydrogens is 380 g/mol. The highest BCUT2D eigenvalue weighted by molar-refractivity contribution is 5.76. The highest BCUT2D eigenvalue weighted by Gasteiger charge is 2.35. The van der Waals surface area contributed by atoms with Crippen LogP contribution in [0.5, 0.6) is 0 Å². The van der Waals surface area contributed by atoms with Crippen molar-refractivity contribution in [1.29, 1.82) is 5.26 Å². The molecule has 0 amide bonds. The SMILES string of the molecule is Cc1cc(Nc2nccc(-c3cc(C#N)c4c(c3)[C@@](C)(CO)CN4)n2)c(=O)n(C)c1. The summed E-state index contributed by atoms with van der Waals surface area (Å²) in [6.45, 7) is 4.39. The van der Waals surface area contributed by atoms with Crippen LogP contribution >= 0.6 is 0 Å². The number of nitrogens with one attached hydrogen (secondary N) is 2. The average Bonchev–Trinajstić information content (AvgIpc) is 3.08. The van der Waals surface area contributed by atoms with Crippen molar-refractivity contribution in [3.05, 3.63) is 63.7 Å². The number of benzene rings is 1. The Morgan fingerprint density at radius 3 is 2.93 bits per heavy atom. The monoisotopic (exact) mass is 402 g/mol. The minimum atomic E-state index is -0.473. The van der Waals surface area contributed by atoms with Gasteiger partial charge in [0.2, 0.25) is 5.95 Å². The largest absolute Gasteiger partial charge is 0.395 e. The molecule has 3 heterocycles. The maximum absolute atomic E-state index is 12.4. The molecule has 3 N–H and O–H groups in total. The Morgan fingerprint density at radius 1 is 1.40 bits per heavy atom. The van der Waals surface area contributed by atoms with Gasteiger partial charge in [0.15, 0.2) is 0 Å². The standard InChI is InChI=1S/C22H22N6O2/c1-13-6-18(20(30)28(3)10-13)27-21-24-5-4-17(26-21)14-7-15(9-23)19-16(8-14)22(2,12-29)11-25-19/h4-8,10,25,29H,11-12H2,1-3H3,(H,24,26,27)/t22-/m1/s1. The minimum absolute atomic E-state index is 0.0332. The molecule has 2 aromatic heterocycles. The zero-order valence-corrected chi connectivity index (χ0v) is 17.0. The molecule has 0 fully saturated rings.